The average molecular weight is 439 g/mol. The predicted octanol–water partition coefficient (Wildman–Crippen LogP) is 3.82. The average Bonchev–Trinajstić information content (AvgIpc) is 3.38. The van der Waals surface area contributed by atoms with Crippen molar-refractivity contribution in [3.05, 3.63) is 48.0 Å². The van der Waals surface area contributed by atoms with Crippen LogP contribution in [0.1, 0.15) is 37.3 Å². The van der Waals surface area contributed by atoms with Crippen LogP contribution in [0, 0.1) is 5.92 Å². The van der Waals surface area contributed by atoms with E-state index in [2.05, 4.69) is 0 Å². The molecule has 2 fully saturated rings. The zero-order valence-electron chi connectivity index (χ0n) is 18.9. The van der Waals surface area contributed by atoms with Gasteiger partial charge in [0.15, 0.2) is 11.5 Å². The maximum absolute atomic E-state index is 13.6. The molecule has 2 aliphatic heterocycles. The quantitative estimate of drug-likeness (QED) is 0.686. The van der Waals surface area contributed by atoms with Gasteiger partial charge in [0.05, 0.1) is 33.3 Å². The first-order valence-corrected chi connectivity index (χ1v) is 11.0. The summed E-state index contributed by atoms with van der Waals surface area (Å²) in [6.07, 6.45) is 2.92. The fourth-order valence-corrected chi connectivity index (χ4v) is 4.79. The van der Waals surface area contributed by atoms with Gasteiger partial charge in [-0.05, 0) is 61.2 Å². The Hall–Kier alpha value is -3.22. The molecule has 32 heavy (non-hydrogen) atoms. The van der Waals surface area contributed by atoms with Gasteiger partial charge in [-0.15, -0.1) is 0 Å². The van der Waals surface area contributed by atoms with Crippen molar-refractivity contribution in [2.24, 2.45) is 5.92 Å². The van der Waals surface area contributed by atoms with Crippen molar-refractivity contribution in [2.75, 3.05) is 39.3 Å². The van der Waals surface area contributed by atoms with E-state index < -0.39 is 6.04 Å². The molecule has 2 atom stereocenters. The van der Waals surface area contributed by atoms with Gasteiger partial charge in [0, 0.05) is 25.2 Å². The summed E-state index contributed by atoms with van der Waals surface area (Å²) >= 11 is 0. The number of hydrogen-bond donors (Lipinski definition) is 0. The topological polar surface area (TPSA) is 68.3 Å². The maximum Gasteiger partial charge on any atom is 0.228 e. The van der Waals surface area contributed by atoms with Gasteiger partial charge in [-0.3, -0.25) is 9.59 Å². The number of carbonyl (C=O) groups excluding carboxylic acids is 2. The lowest BCUT2D eigenvalue weighted by Crippen LogP contribution is -2.48. The molecule has 0 spiro atoms. The number of carbonyl (C=O) groups is 2. The Bertz CT molecular complexity index is 969. The van der Waals surface area contributed by atoms with Crippen molar-refractivity contribution < 1.29 is 23.8 Å². The van der Waals surface area contributed by atoms with Crippen molar-refractivity contribution in [1.29, 1.82) is 0 Å². The summed E-state index contributed by atoms with van der Waals surface area (Å²) < 4.78 is 16.2. The summed E-state index contributed by atoms with van der Waals surface area (Å²) in [7, 11) is 4.78. The summed E-state index contributed by atoms with van der Waals surface area (Å²) in [5.74, 6) is 1.69. The van der Waals surface area contributed by atoms with Crippen LogP contribution >= 0.6 is 0 Å². The number of rotatable bonds is 6. The number of piperidine rings is 1. The minimum absolute atomic E-state index is 0.000392. The molecule has 0 aliphatic carbocycles. The molecule has 7 heteroatoms. The molecule has 7 nitrogen and oxygen atoms in total. The van der Waals surface area contributed by atoms with Crippen LogP contribution in [0.25, 0.3) is 0 Å². The number of benzene rings is 2. The van der Waals surface area contributed by atoms with Crippen LogP contribution in [0.15, 0.2) is 42.5 Å². The first-order chi connectivity index (χ1) is 15.6. The molecule has 2 amide bonds. The lowest BCUT2D eigenvalue weighted by Gasteiger charge is -2.42. The minimum atomic E-state index is -0.433. The van der Waals surface area contributed by atoms with Crippen molar-refractivity contribution in [1.82, 2.24) is 4.90 Å². The SMILES string of the molecule is COc1ccc(N2C(=O)CCC(C(=O)N3CCCC3)C2c2ccc(OC)c(OC)c2)cc1. The Labute approximate surface area is 188 Å². The molecule has 2 aromatic carbocycles. The van der Waals surface area contributed by atoms with E-state index in [0.29, 0.717) is 30.1 Å². The van der Waals surface area contributed by atoms with Gasteiger partial charge in [0.25, 0.3) is 0 Å². The summed E-state index contributed by atoms with van der Waals surface area (Å²) in [4.78, 5) is 30.5. The molecule has 4 rings (SSSR count). The lowest BCUT2D eigenvalue weighted by molar-refractivity contribution is -0.137. The van der Waals surface area contributed by atoms with Gasteiger partial charge in [-0.2, -0.15) is 0 Å². The molecule has 2 aliphatic rings. The van der Waals surface area contributed by atoms with E-state index in [9.17, 15) is 9.59 Å². The lowest BCUT2D eigenvalue weighted by atomic mass is 9.82. The smallest absolute Gasteiger partial charge is 0.228 e. The van der Waals surface area contributed by atoms with Crippen LogP contribution in [0.3, 0.4) is 0 Å². The van der Waals surface area contributed by atoms with Gasteiger partial charge >= 0.3 is 0 Å². The van der Waals surface area contributed by atoms with Crippen molar-refractivity contribution in [3.63, 3.8) is 0 Å². The fourth-order valence-electron chi connectivity index (χ4n) is 4.79. The van der Waals surface area contributed by atoms with Gasteiger partial charge < -0.3 is 24.0 Å². The highest BCUT2D eigenvalue weighted by Gasteiger charge is 2.43. The molecule has 2 unspecified atom stereocenters. The summed E-state index contributed by atoms with van der Waals surface area (Å²) in [5, 5.41) is 0. The third kappa shape index (κ3) is 4.11. The van der Waals surface area contributed by atoms with Crippen molar-refractivity contribution in [2.45, 2.75) is 31.7 Å². The third-order valence-electron chi connectivity index (χ3n) is 6.43. The maximum atomic E-state index is 13.6. The molecule has 0 bridgehead atoms. The van der Waals surface area contributed by atoms with E-state index in [1.54, 1.807) is 26.2 Å². The molecule has 0 saturated carbocycles. The van der Waals surface area contributed by atoms with Gasteiger partial charge in [0.1, 0.15) is 5.75 Å². The molecular formula is C25H30N2O5. The molecule has 2 saturated heterocycles. The zero-order valence-corrected chi connectivity index (χ0v) is 18.9. The number of methoxy groups -OCH3 is 3. The second-order valence-corrected chi connectivity index (χ2v) is 8.20. The highest BCUT2D eigenvalue weighted by molar-refractivity contribution is 5.97. The number of ether oxygens (including phenoxy) is 3. The Kier molecular flexibility index (Phi) is 6.53. The summed E-state index contributed by atoms with van der Waals surface area (Å²) in [5.41, 5.74) is 1.60. The number of nitrogens with zero attached hydrogens (tertiary/aromatic N) is 2. The zero-order chi connectivity index (χ0) is 22.7. The molecule has 0 N–H and O–H groups in total. The van der Waals surface area contributed by atoms with Gasteiger partial charge in [-0.25, -0.2) is 0 Å². The monoisotopic (exact) mass is 438 g/mol. The molecule has 170 valence electrons. The van der Waals surface area contributed by atoms with Gasteiger partial charge in [-0.1, -0.05) is 6.07 Å². The van der Waals surface area contributed by atoms with Crippen LogP contribution in [-0.2, 0) is 9.59 Å². The van der Waals surface area contributed by atoms with E-state index in [4.69, 9.17) is 14.2 Å². The normalized spacial score (nSPS) is 20.9. The summed E-state index contributed by atoms with van der Waals surface area (Å²) in [6.45, 7) is 1.56. The molecule has 2 aromatic rings. The van der Waals surface area contributed by atoms with Crippen LogP contribution in [0.2, 0.25) is 0 Å². The summed E-state index contributed by atoms with van der Waals surface area (Å²) in [6, 6.07) is 12.6. The standard InChI is InChI=1S/C25H30N2O5/c1-30-19-9-7-18(8-10-19)27-23(28)13-11-20(25(29)26-14-4-5-15-26)24(27)17-6-12-21(31-2)22(16-17)32-3/h6-10,12,16,20,24H,4-5,11,13-15H2,1-3H3. The second-order valence-electron chi connectivity index (χ2n) is 8.20. The fraction of sp³-hybridized carbons (Fsp3) is 0.440. The third-order valence-corrected chi connectivity index (χ3v) is 6.43. The van der Waals surface area contributed by atoms with E-state index in [0.717, 1.165) is 37.2 Å². The Morgan fingerprint density at radius 1 is 0.906 bits per heavy atom. The highest BCUT2D eigenvalue weighted by atomic mass is 16.5. The van der Waals surface area contributed by atoms with E-state index in [1.165, 1.54) is 0 Å². The van der Waals surface area contributed by atoms with Crippen LogP contribution in [0.5, 0.6) is 17.2 Å². The number of anilines is 1. The minimum Gasteiger partial charge on any atom is -0.497 e. The number of likely N-dealkylation sites (tertiary alicyclic amines) is 1. The Morgan fingerprint density at radius 2 is 1.59 bits per heavy atom. The first-order valence-electron chi connectivity index (χ1n) is 11.0. The Morgan fingerprint density at radius 3 is 2.22 bits per heavy atom. The predicted molar refractivity (Wildman–Crippen MR) is 121 cm³/mol. The first kappa shape index (κ1) is 22.0. The second kappa shape index (κ2) is 9.51. The van der Waals surface area contributed by atoms with Crippen molar-refractivity contribution in [3.8, 4) is 17.2 Å². The number of amides is 2. The van der Waals surface area contributed by atoms with Gasteiger partial charge in [0.2, 0.25) is 11.8 Å². The van der Waals surface area contributed by atoms with E-state index in [-0.39, 0.29) is 17.7 Å². The molecule has 0 radical (unpaired) electrons. The largest absolute Gasteiger partial charge is 0.497 e. The van der Waals surface area contributed by atoms with E-state index in [1.807, 2.05) is 47.4 Å². The molecular weight excluding hydrogens is 408 g/mol. The van der Waals surface area contributed by atoms with Crippen LogP contribution < -0.4 is 19.1 Å². The number of hydrogen-bond acceptors (Lipinski definition) is 5. The van der Waals surface area contributed by atoms with Crippen LogP contribution in [-0.4, -0.2) is 51.1 Å². The molecule has 0 aromatic heterocycles. The van der Waals surface area contributed by atoms with Crippen LogP contribution in [0.4, 0.5) is 5.69 Å². The highest BCUT2D eigenvalue weighted by Crippen LogP contribution is 2.43. The van der Waals surface area contributed by atoms with Crippen molar-refractivity contribution >= 4 is 17.5 Å². The van der Waals surface area contributed by atoms with E-state index >= 15 is 0 Å². The molecule has 2 heterocycles. The Balaban J connectivity index is 1.80.